The lowest BCUT2D eigenvalue weighted by atomic mass is 10.1. The van der Waals surface area contributed by atoms with Gasteiger partial charge in [0.25, 0.3) is 0 Å². The van der Waals surface area contributed by atoms with Crippen LogP contribution in [0, 0.1) is 11.6 Å². The van der Waals surface area contributed by atoms with E-state index in [1.54, 1.807) is 13.8 Å². The molecule has 0 aliphatic carbocycles. The van der Waals surface area contributed by atoms with Crippen LogP contribution in [0.2, 0.25) is 0 Å². The first-order chi connectivity index (χ1) is 8.30. The van der Waals surface area contributed by atoms with Crippen molar-refractivity contribution in [2.75, 3.05) is 0 Å². The van der Waals surface area contributed by atoms with Crippen LogP contribution in [0.25, 0.3) is 0 Å². The Hall–Kier alpha value is -1.85. The third-order valence-corrected chi connectivity index (χ3v) is 2.63. The number of hydrogen-bond acceptors (Lipinski definition) is 3. The van der Waals surface area contributed by atoms with Crippen molar-refractivity contribution in [3.05, 3.63) is 29.3 Å². The Morgan fingerprint density at radius 2 is 1.89 bits per heavy atom. The molecule has 0 aliphatic heterocycles. The second-order valence-corrected chi connectivity index (χ2v) is 4.47. The summed E-state index contributed by atoms with van der Waals surface area (Å²) in [4.78, 5) is 0. The van der Waals surface area contributed by atoms with Crippen molar-refractivity contribution in [2.24, 2.45) is 10.9 Å². The maximum Gasteiger partial charge on any atom is 0.191 e. The van der Waals surface area contributed by atoms with Gasteiger partial charge >= 0.3 is 0 Å². The lowest BCUT2D eigenvalue weighted by molar-refractivity contribution is 0.0935. The molecule has 100 valence electrons. The molecule has 6 heteroatoms. The Labute approximate surface area is 104 Å². The highest BCUT2D eigenvalue weighted by molar-refractivity contribution is 5.97. The molecule has 1 aromatic rings. The van der Waals surface area contributed by atoms with Crippen LogP contribution in [-0.4, -0.2) is 16.6 Å². The Morgan fingerprint density at radius 1 is 1.39 bits per heavy atom. The average Bonchev–Trinajstić information content (AvgIpc) is 2.32. The summed E-state index contributed by atoms with van der Waals surface area (Å²) in [5, 5.41) is 11.1. The molecular weight excluding hydrogens is 242 g/mol. The third kappa shape index (κ3) is 3.09. The SMILES string of the molecule is CCC(C)(C)Oc1c(F)cc(C(N)=NO)cc1F. The molecule has 18 heavy (non-hydrogen) atoms. The Bertz CT molecular complexity index is 450. The Morgan fingerprint density at radius 3 is 2.28 bits per heavy atom. The van der Waals surface area contributed by atoms with E-state index >= 15 is 0 Å². The van der Waals surface area contributed by atoms with Crippen LogP contribution in [0.5, 0.6) is 5.75 Å². The molecule has 0 atom stereocenters. The van der Waals surface area contributed by atoms with Crippen LogP contribution >= 0.6 is 0 Å². The maximum absolute atomic E-state index is 13.7. The van der Waals surface area contributed by atoms with Gasteiger partial charge in [0.2, 0.25) is 0 Å². The summed E-state index contributed by atoms with van der Waals surface area (Å²) in [6, 6.07) is 1.92. The highest BCUT2D eigenvalue weighted by Crippen LogP contribution is 2.28. The van der Waals surface area contributed by atoms with Gasteiger partial charge < -0.3 is 15.7 Å². The lowest BCUT2D eigenvalue weighted by Gasteiger charge is -2.25. The van der Waals surface area contributed by atoms with Crippen LogP contribution in [0.3, 0.4) is 0 Å². The molecule has 1 rings (SSSR count). The normalized spacial score (nSPS) is 12.6. The first-order valence-corrected chi connectivity index (χ1v) is 5.46. The van der Waals surface area contributed by atoms with Gasteiger partial charge in [-0.2, -0.15) is 0 Å². The van der Waals surface area contributed by atoms with E-state index in [0.717, 1.165) is 12.1 Å². The van der Waals surface area contributed by atoms with Crippen molar-refractivity contribution < 1.29 is 18.7 Å². The molecule has 1 aromatic carbocycles. The number of hydrogen-bond donors (Lipinski definition) is 2. The van der Waals surface area contributed by atoms with Gasteiger partial charge in [-0.25, -0.2) is 8.78 Å². The first-order valence-electron chi connectivity index (χ1n) is 5.46. The molecule has 0 spiro atoms. The molecule has 3 N–H and O–H groups in total. The van der Waals surface area contributed by atoms with Gasteiger partial charge in [0.1, 0.15) is 5.60 Å². The van der Waals surface area contributed by atoms with Gasteiger partial charge in [-0.3, -0.25) is 0 Å². The van der Waals surface area contributed by atoms with E-state index in [1.165, 1.54) is 0 Å². The van der Waals surface area contributed by atoms with Gasteiger partial charge in [0.15, 0.2) is 23.2 Å². The van der Waals surface area contributed by atoms with Gasteiger partial charge in [-0.05, 0) is 32.4 Å². The zero-order valence-electron chi connectivity index (χ0n) is 10.5. The fourth-order valence-corrected chi connectivity index (χ4v) is 1.21. The maximum atomic E-state index is 13.7. The van der Waals surface area contributed by atoms with E-state index < -0.39 is 23.0 Å². The highest BCUT2D eigenvalue weighted by Gasteiger charge is 2.23. The number of amidine groups is 1. The summed E-state index contributed by atoms with van der Waals surface area (Å²) < 4.78 is 32.7. The Balaban J connectivity index is 3.17. The summed E-state index contributed by atoms with van der Waals surface area (Å²) in [6.45, 7) is 5.30. The van der Waals surface area contributed by atoms with E-state index in [2.05, 4.69) is 5.16 Å². The van der Waals surface area contributed by atoms with Crippen molar-refractivity contribution in [1.82, 2.24) is 0 Å². The number of nitrogens with zero attached hydrogens (tertiary/aromatic N) is 1. The molecule has 0 saturated heterocycles. The van der Waals surface area contributed by atoms with Crippen LogP contribution in [0.1, 0.15) is 32.8 Å². The second kappa shape index (κ2) is 5.20. The van der Waals surface area contributed by atoms with Gasteiger partial charge in [-0.15, -0.1) is 0 Å². The van der Waals surface area contributed by atoms with Gasteiger partial charge in [0.05, 0.1) is 0 Å². The number of halogens is 2. The number of oxime groups is 1. The highest BCUT2D eigenvalue weighted by atomic mass is 19.1. The summed E-state index contributed by atoms with van der Waals surface area (Å²) >= 11 is 0. The van der Waals surface area contributed by atoms with E-state index in [1.807, 2.05) is 6.92 Å². The quantitative estimate of drug-likeness (QED) is 0.377. The minimum absolute atomic E-state index is 0.0471. The zero-order valence-corrected chi connectivity index (χ0v) is 10.5. The van der Waals surface area contributed by atoms with Crippen LogP contribution in [-0.2, 0) is 0 Å². The minimum atomic E-state index is -0.891. The summed E-state index contributed by atoms with van der Waals surface area (Å²) in [6.07, 6.45) is 0.591. The van der Waals surface area contributed by atoms with Crippen LogP contribution < -0.4 is 10.5 Å². The van der Waals surface area contributed by atoms with Crippen molar-refractivity contribution in [2.45, 2.75) is 32.8 Å². The van der Waals surface area contributed by atoms with Crippen LogP contribution in [0.15, 0.2) is 17.3 Å². The fraction of sp³-hybridized carbons (Fsp3) is 0.417. The minimum Gasteiger partial charge on any atom is -0.482 e. The standard InChI is InChI=1S/C12H16F2N2O2/c1-4-12(2,3)18-10-8(13)5-7(6-9(10)14)11(15)16-17/h5-6,17H,4H2,1-3H3,(H2,15,16). The number of benzene rings is 1. The van der Waals surface area contributed by atoms with E-state index in [9.17, 15) is 8.78 Å². The third-order valence-electron chi connectivity index (χ3n) is 2.63. The summed E-state index contributed by atoms with van der Waals surface area (Å²) in [5.41, 5.74) is 4.53. The zero-order chi connectivity index (χ0) is 13.9. The number of nitrogens with two attached hydrogens (primary N) is 1. The van der Waals surface area contributed by atoms with Crippen LogP contribution in [0.4, 0.5) is 8.78 Å². The Kier molecular flexibility index (Phi) is 4.11. The lowest BCUT2D eigenvalue weighted by Crippen LogP contribution is -2.28. The van der Waals surface area contributed by atoms with Crippen molar-refractivity contribution in [1.29, 1.82) is 0 Å². The van der Waals surface area contributed by atoms with E-state index in [-0.39, 0.29) is 11.4 Å². The van der Waals surface area contributed by atoms with Crippen molar-refractivity contribution >= 4 is 5.84 Å². The van der Waals surface area contributed by atoms with Crippen molar-refractivity contribution in [3.8, 4) is 5.75 Å². The van der Waals surface area contributed by atoms with Crippen molar-refractivity contribution in [3.63, 3.8) is 0 Å². The molecule has 0 amide bonds. The molecule has 0 unspecified atom stereocenters. The largest absolute Gasteiger partial charge is 0.482 e. The predicted molar refractivity (Wildman–Crippen MR) is 63.9 cm³/mol. The molecule has 4 nitrogen and oxygen atoms in total. The topological polar surface area (TPSA) is 67.8 Å². The molecule has 0 aliphatic rings. The molecule has 0 radical (unpaired) electrons. The fourth-order valence-electron chi connectivity index (χ4n) is 1.21. The first kappa shape index (κ1) is 14.2. The molecule has 0 bridgehead atoms. The predicted octanol–water partition coefficient (Wildman–Crippen LogP) is 2.63. The van der Waals surface area contributed by atoms with Gasteiger partial charge in [0, 0.05) is 5.56 Å². The van der Waals surface area contributed by atoms with E-state index in [0.29, 0.717) is 6.42 Å². The summed E-state index contributed by atoms with van der Waals surface area (Å²) in [7, 11) is 0. The average molecular weight is 258 g/mol. The molecule has 0 aromatic heterocycles. The molecular formula is C12H16F2N2O2. The smallest absolute Gasteiger partial charge is 0.191 e. The molecule has 0 saturated carbocycles. The molecule has 0 heterocycles. The summed E-state index contributed by atoms with van der Waals surface area (Å²) in [5.74, 6) is -2.61. The monoisotopic (exact) mass is 258 g/mol. The number of rotatable bonds is 4. The second-order valence-electron chi connectivity index (χ2n) is 4.47. The van der Waals surface area contributed by atoms with E-state index in [4.69, 9.17) is 15.7 Å². The number of ether oxygens (including phenoxy) is 1. The molecule has 0 fully saturated rings. The van der Waals surface area contributed by atoms with Gasteiger partial charge in [-0.1, -0.05) is 12.1 Å².